The largest absolute Gasteiger partial charge is 0.326 e. The fourth-order valence-electron chi connectivity index (χ4n) is 2.94. The molecular weight excluding hydrogens is 308 g/mol. The minimum Gasteiger partial charge on any atom is -0.326 e. The van der Waals surface area contributed by atoms with Gasteiger partial charge in [-0.25, -0.2) is 0 Å². The summed E-state index contributed by atoms with van der Waals surface area (Å²) >= 11 is 1.67. The molecule has 120 valence electrons. The van der Waals surface area contributed by atoms with E-state index in [1.807, 2.05) is 49.6 Å². The molecule has 1 aromatic heterocycles. The lowest BCUT2D eigenvalue weighted by atomic mass is 9.89. The van der Waals surface area contributed by atoms with E-state index >= 15 is 0 Å². The molecule has 1 aliphatic rings. The summed E-state index contributed by atoms with van der Waals surface area (Å²) in [7, 11) is 0. The molecule has 0 saturated carbocycles. The van der Waals surface area contributed by atoms with Gasteiger partial charge in [0.25, 0.3) is 0 Å². The summed E-state index contributed by atoms with van der Waals surface area (Å²) in [5.41, 5.74) is 2.58. The monoisotopic (exact) mass is 328 g/mol. The summed E-state index contributed by atoms with van der Waals surface area (Å²) in [4.78, 5) is 25.4. The fourth-order valence-corrected chi connectivity index (χ4v) is 3.65. The maximum atomic E-state index is 12.1. The van der Waals surface area contributed by atoms with Gasteiger partial charge < -0.3 is 10.6 Å². The van der Waals surface area contributed by atoms with Crippen molar-refractivity contribution in [2.75, 3.05) is 10.6 Å². The molecule has 1 aromatic carbocycles. The van der Waals surface area contributed by atoms with Crippen LogP contribution in [-0.4, -0.2) is 11.8 Å². The molecule has 4 nitrogen and oxygen atoms in total. The van der Waals surface area contributed by atoms with Gasteiger partial charge in [-0.3, -0.25) is 9.59 Å². The quantitative estimate of drug-likeness (QED) is 0.871. The predicted molar refractivity (Wildman–Crippen MR) is 93.9 cm³/mol. The van der Waals surface area contributed by atoms with Crippen molar-refractivity contribution in [2.24, 2.45) is 5.92 Å². The first kappa shape index (κ1) is 15.7. The first-order chi connectivity index (χ1) is 11.0. The van der Waals surface area contributed by atoms with Gasteiger partial charge in [0, 0.05) is 22.7 Å². The molecule has 23 heavy (non-hydrogen) atoms. The second-order valence-corrected chi connectivity index (χ2v) is 7.17. The molecule has 1 atom stereocenters. The van der Waals surface area contributed by atoms with Gasteiger partial charge in [-0.1, -0.05) is 19.9 Å². The van der Waals surface area contributed by atoms with Crippen molar-refractivity contribution < 1.29 is 9.59 Å². The number of carbonyl (C=O) groups excluding carboxylic acids is 2. The van der Waals surface area contributed by atoms with Crippen LogP contribution in [0.25, 0.3) is 0 Å². The number of anilines is 2. The molecule has 1 aliphatic heterocycles. The minimum absolute atomic E-state index is 0.00303. The van der Waals surface area contributed by atoms with Crippen LogP contribution in [0.15, 0.2) is 35.7 Å². The Hall–Kier alpha value is -2.14. The van der Waals surface area contributed by atoms with Crippen molar-refractivity contribution in [2.45, 2.75) is 32.6 Å². The van der Waals surface area contributed by atoms with E-state index < -0.39 is 0 Å². The van der Waals surface area contributed by atoms with E-state index in [1.165, 1.54) is 4.88 Å². The summed E-state index contributed by atoms with van der Waals surface area (Å²) in [5, 5.41) is 7.86. The second-order valence-electron chi connectivity index (χ2n) is 6.14. The van der Waals surface area contributed by atoms with Gasteiger partial charge in [-0.05, 0) is 47.5 Å². The fraction of sp³-hybridized carbons (Fsp3) is 0.333. The van der Waals surface area contributed by atoms with Crippen molar-refractivity contribution in [3.05, 3.63) is 46.2 Å². The first-order valence-electron chi connectivity index (χ1n) is 7.81. The van der Waals surface area contributed by atoms with Crippen LogP contribution >= 0.6 is 11.3 Å². The molecule has 2 amide bonds. The van der Waals surface area contributed by atoms with Crippen LogP contribution in [-0.2, 0) is 16.0 Å². The van der Waals surface area contributed by atoms with Gasteiger partial charge in [-0.2, -0.15) is 0 Å². The summed E-state index contributed by atoms with van der Waals surface area (Å²) in [6.45, 7) is 4.07. The Morgan fingerprint density at radius 3 is 2.87 bits per heavy atom. The van der Waals surface area contributed by atoms with Crippen molar-refractivity contribution >= 4 is 34.5 Å². The van der Waals surface area contributed by atoms with Crippen LogP contribution in [0.1, 0.15) is 36.6 Å². The summed E-state index contributed by atoms with van der Waals surface area (Å²) < 4.78 is 0. The molecule has 3 rings (SSSR count). The number of nitrogens with one attached hydrogen (secondary N) is 2. The molecule has 0 radical (unpaired) electrons. The highest BCUT2D eigenvalue weighted by molar-refractivity contribution is 7.09. The zero-order valence-electron chi connectivity index (χ0n) is 13.3. The molecule has 0 fully saturated rings. The number of fused-ring (bicyclic) bond motifs is 1. The lowest BCUT2D eigenvalue weighted by Crippen LogP contribution is -2.17. The number of rotatable bonds is 5. The zero-order chi connectivity index (χ0) is 16.4. The zero-order valence-corrected chi connectivity index (χ0v) is 14.1. The van der Waals surface area contributed by atoms with Gasteiger partial charge in [0.2, 0.25) is 11.8 Å². The van der Waals surface area contributed by atoms with Crippen molar-refractivity contribution in [3.63, 3.8) is 0 Å². The van der Waals surface area contributed by atoms with Gasteiger partial charge in [0.1, 0.15) is 0 Å². The number of aryl methyl sites for hydroxylation is 1. The van der Waals surface area contributed by atoms with Crippen molar-refractivity contribution in [3.8, 4) is 0 Å². The predicted octanol–water partition coefficient (Wildman–Crippen LogP) is 4.01. The molecule has 0 saturated heterocycles. The van der Waals surface area contributed by atoms with Crippen LogP contribution in [0.3, 0.4) is 0 Å². The van der Waals surface area contributed by atoms with Crippen LogP contribution in [0.2, 0.25) is 0 Å². The SMILES string of the molecule is CC(C)C1C(=O)Nc2ccc(NC(=O)CCc3cccs3)cc21. The Bertz CT molecular complexity index is 723. The standard InChI is InChI=1S/C18H20N2O2S/c1-11(2)17-14-10-12(5-7-15(14)20-18(17)22)19-16(21)8-6-13-4-3-9-23-13/h3-5,7,9-11,17H,6,8H2,1-2H3,(H,19,21)(H,20,22). The molecule has 2 N–H and O–H groups in total. The van der Waals surface area contributed by atoms with Gasteiger partial charge >= 0.3 is 0 Å². The Balaban J connectivity index is 1.67. The molecule has 2 heterocycles. The van der Waals surface area contributed by atoms with E-state index in [9.17, 15) is 9.59 Å². The van der Waals surface area contributed by atoms with Gasteiger partial charge in [0.05, 0.1) is 5.92 Å². The van der Waals surface area contributed by atoms with E-state index in [1.54, 1.807) is 11.3 Å². The highest BCUT2D eigenvalue weighted by Gasteiger charge is 2.32. The number of carbonyl (C=O) groups is 2. The topological polar surface area (TPSA) is 58.2 Å². The Kier molecular flexibility index (Phi) is 4.48. The van der Waals surface area contributed by atoms with Gasteiger partial charge in [-0.15, -0.1) is 11.3 Å². The van der Waals surface area contributed by atoms with Crippen LogP contribution < -0.4 is 10.6 Å². The van der Waals surface area contributed by atoms with Gasteiger partial charge in [0.15, 0.2) is 0 Å². The highest BCUT2D eigenvalue weighted by Crippen LogP contribution is 2.38. The average Bonchev–Trinajstić information content (AvgIpc) is 3.11. The van der Waals surface area contributed by atoms with E-state index in [2.05, 4.69) is 10.6 Å². The minimum atomic E-state index is -0.145. The third kappa shape index (κ3) is 3.45. The number of benzene rings is 1. The third-order valence-corrected chi connectivity index (χ3v) is 4.99. The molecule has 0 spiro atoms. The van der Waals surface area contributed by atoms with E-state index in [0.717, 1.165) is 23.4 Å². The first-order valence-corrected chi connectivity index (χ1v) is 8.69. The Morgan fingerprint density at radius 2 is 2.17 bits per heavy atom. The molecule has 2 aromatic rings. The van der Waals surface area contributed by atoms with E-state index in [-0.39, 0.29) is 23.7 Å². The van der Waals surface area contributed by atoms with Crippen LogP contribution in [0.4, 0.5) is 11.4 Å². The van der Waals surface area contributed by atoms with Crippen molar-refractivity contribution in [1.82, 2.24) is 0 Å². The number of amides is 2. The highest BCUT2D eigenvalue weighted by atomic mass is 32.1. The number of thiophene rings is 1. The second kappa shape index (κ2) is 6.54. The number of hydrogen-bond donors (Lipinski definition) is 2. The molecule has 5 heteroatoms. The summed E-state index contributed by atoms with van der Waals surface area (Å²) in [5.74, 6) is 0.113. The van der Waals surface area contributed by atoms with Crippen molar-refractivity contribution in [1.29, 1.82) is 0 Å². The summed E-state index contributed by atoms with van der Waals surface area (Å²) in [6.07, 6.45) is 1.21. The normalized spacial score (nSPS) is 16.3. The maximum Gasteiger partial charge on any atom is 0.232 e. The maximum absolute atomic E-state index is 12.1. The smallest absolute Gasteiger partial charge is 0.232 e. The Labute approximate surface area is 139 Å². The molecule has 0 bridgehead atoms. The van der Waals surface area contributed by atoms with Crippen LogP contribution in [0, 0.1) is 5.92 Å². The third-order valence-electron chi connectivity index (χ3n) is 4.06. The van der Waals surface area contributed by atoms with E-state index in [4.69, 9.17) is 0 Å². The molecular formula is C18H20N2O2S. The summed E-state index contributed by atoms with van der Waals surface area (Å²) in [6, 6.07) is 9.66. The number of hydrogen-bond acceptors (Lipinski definition) is 3. The lowest BCUT2D eigenvalue weighted by molar-refractivity contribution is -0.118. The lowest BCUT2D eigenvalue weighted by Gasteiger charge is -2.13. The van der Waals surface area contributed by atoms with E-state index in [0.29, 0.717) is 6.42 Å². The average molecular weight is 328 g/mol. The molecule has 0 aliphatic carbocycles. The van der Waals surface area contributed by atoms with Crippen LogP contribution in [0.5, 0.6) is 0 Å². The molecule has 1 unspecified atom stereocenters. The Morgan fingerprint density at radius 1 is 1.35 bits per heavy atom.